The number of rotatable bonds is 8. The highest BCUT2D eigenvalue weighted by molar-refractivity contribution is 6.76. The Kier molecular flexibility index (Phi) is 6.11. The van der Waals surface area contributed by atoms with Crippen LogP contribution in [0.15, 0.2) is 36.8 Å². The van der Waals surface area contributed by atoms with Crippen LogP contribution in [-0.2, 0) is 11.5 Å². The zero-order valence-corrected chi connectivity index (χ0v) is 18.1. The summed E-state index contributed by atoms with van der Waals surface area (Å²) in [5, 5.41) is 22.3. The van der Waals surface area contributed by atoms with Gasteiger partial charge in [0.1, 0.15) is 24.8 Å². The SMILES string of the molecule is C[Si](C)(C)CCOCn1cc(C#N)c2c(N(N)c3ccc([N+](=O)[O-])cc3)ncnc21. The second-order valence-corrected chi connectivity index (χ2v) is 13.6. The van der Waals surface area contributed by atoms with Gasteiger partial charge in [-0.05, 0) is 18.2 Å². The number of hydrazine groups is 1. The predicted molar refractivity (Wildman–Crippen MR) is 116 cm³/mol. The number of nitriles is 1. The first-order valence-corrected chi connectivity index (χ1v) is 13.0. The van der Waals surface area contributed by atoms with Crippen molar-refractivity contribution in [1.29, 1.82) is 5.26 Å². The lowest BCUT2D eigenvalue weighted by molar-refractivity contribution is -0.384. The van der Waals surface area contributed by atoms with Crippen LogP contribution >= 0.6 is 0 Å². The Morgan fingerprint density at radius 2 is 2.00 bits per heavy atom. The zero-order valence-electron chi connectivity index (χ0n) is 17.1. The molecular formula is C19H23N7O3Si. The number of hydrogen-bond donors (Lipinski definition) is 1. The smallest absolute Gasteiger partial charge is 0.269 e. The largest absolute Gasteiger partial charge is 0.361 e. The van der Waals surface area contributed by atoms with Crippen LogP contribution < -0.4 is 10.9 Å². The van der Waals surface area contributed by atoms with Crippen molar-refractivity contribution in [1.82, 2.24) is 14.5 Å². The number of hydrogen-bond acceptors (Lipinski definition) is 8. The van der Waals surface area contributed by atoms with Gasteiger partial charge in [0, 0.05) is 33.0 Å². The van der Waals surface area contributed by atoms with Crippen molar-refractivity contribution in [2.45, 2.75) is 32.4 Å². The minimum atomic E-state index is -1.20. The summed E-state index contributed by atoms with van der Waals surface area (Å²) in [5.74, 6) is 6.56. The minimum absolute atomic E-state index is 0.0423. The average Bonchev–Trinajstić information content (AvgIpc) is 3.08. The van der Waals surface area contributed by atoms with Gasteiger partial charge in [0.25, 0.3) is 5.69 Å². The number of nitrogens with zero attached hydrogens (tertiary/aromatic N) is 6. The Morgan fingerprint density at radius 3 is 2.60 bits per heavy atom. The highest BCUT2D eigenvalue weighted by Gasteiger charge is 2.20. The first-order valence-electron chi connectivity index (χ1n) is 9.32. The van der Waals surface area contributed by atoms with E-state index in [1.54, 1.807) is 10.8 Å². The summed E-state index contributed by atoms with van der Waals surface area (Å²) >= 11 is 0. The fourth-order valence-electron chi connectivity index (χ4n) is 2.87. The van der Waals surface area contributed by atoms with E-state index in [0.29, 0.717) is 34.7 Å². The lowest BCUT2D eigenvalue weighted by Crippen LogP contribution is -2.26. The van der Waals surface area contributed by atoms with Gasteiger partial charge in [0.2, 0.25) is 0 Å². The number of non-ortho nitro benzene ring substituents is 1. The fourth-order valence-corrected chi connectivity index (χ4v) is 3.63. The highest BCUT2D eigenvalue weighted by atomic mass is 28.3. The average molecular weight is 426 g/mol. The van der Waals surface area contributed by atoms with Crippen LogP contribution in [0.3, 0.4) is 0 Å². The summed E-state index contributed by atoms with van der Waals surface area (Å²) in [4.78, 5) is 18.9. The van der Waals surface area contributed by atoms with Gasteiger partial charge in [0.05, 0.1) is 21.6 Å². The third-order valence-electron chi connectivity index (χ3n) is 4.55. The number of benzene rings is 1. The van der Waals surface area contributed by atoms with Crippen molar-refractivity contribution < 1.29 is 9.66 Å². The molecule has 0 amide bonds. The molecule has 2 N–H and O–H groups in total. The van der Waals surface area contributed by atoms with Crippen LogP contribution in [-0.4, -0.2) is 34.1 Å². The summed E-state index contributed by atoms with van der Waals surface area (Å²) in [6.45, 7) is 7.75. The van der Waals surface area contributed by atoms with Gasteiger partial charge in [0.15, 0.2) is 5.82 Å². The number of ether oxygens (including phenoxy) is 1. The summed E-state index contributed by atoms with van der Waals surface area (Å²) < 4.78 is 7.56. The van der Waals surface area contributed by atoms with Gasteiger partial charge in [-0.3, -0.25) is 15.1 Å². The Hall–Kier alpha value is -3.33. The van der Waals surface area contributed by atoms with Gasteiger partial charge in [-0.1, -0.05) is 19.6 Å². The molecule has 1 aromatic carbocycles. The molecule has 0 unspecified atom stereocenters. The van der Waals surface area contributed by atoms with Crippen LogP contribution in [0.1, 0.15) is 5.56 Å². The molecule has 3 aromatic rings. The van der Waals surface area contributed by atoms with E-state index >= 15 is 0 Å². The number of nitro groups is 1. The zero-order chi connectivity index (χ0) is 21.9. The molecular weight excluding hydrogens is 402 g/mol. The minimum Gasteiger partial charge on any atom is -0.361 e. The summed E-state index contributed by atoms with van der Waals surface area (Å²) in [6, 6.07) is 8.95. The molecule has 0 aliphatic carbocycles. The Balaban J connectivity index is 1.91. The number of anilines is 2. The highest BCUT2D eigenvalue weighted by Crippen LogP contribution is 2.31. The van der Waals surface area contributed by atoms with E-state index in [1.807, 2.05) is 0 Å². The molecule has 11 heteroatoms. The second-order valence-electron chi connectivity index (χ2n) is 8.01. The summed E-state index contributed by atoms with van der Waals surface area (Å²) in [7, 11) is -1.20. The lowest BCUT2D eigenvalue weighted by atomic mass is 10.2. The van der Waals surface area contributed by atoms with E-state index in [1.165, 1.54) is 35.6 Å². The predicted octanol–water partition coefficient (Wildman–Crippen LogP) is 3.54. The quantitative estimate of drug-likeness (QED) is 0.190. The first kappa shape index (κ1) is 21.4. The van der Waals surface area contributed by atoms with Gasteiger partial charge in [-0.15, -0.1) is 0 Å². The molecule has 30 heavy (non-hydrogen) atoms. The van der Waals surface area contributed by atoms with Crippen molar-refractivity contribution in [3.05, 3.63) is 52.5 Å². The molecule has 0 radical (unpaired) electrons. The van der Waals surface area contributed by atoms with Crippen molar-refractivity contribution in [2.75, 3.05) is 11.6 Å². The van der Waals surface area contributed by atoms with E-state index in [-0.39, 0.29) is 12.4 Å². The van der Waals surface area contributed by atoms with Crippen molar-refractivity contribution in [3.63, 3.8) is 0 Å². The fraction of sp³-hybridized carbons (Fsp3) is 0.316. The van der Waals surface area contributed by atoms with Crippen LogP contribution in [0.25, 0.3) is 11.0 Å². The summed E-state index contributed by atoms with van der Waals surface area (Å²) in [6.07, 6.45) is 3.03. The van der Waals surface area contributed by atoms with E-state index in [2.05, 4.69) is 35.7 Å². The Morgan fingerprint density at radius 1 is 1.30 bits per heavy atom. The molecule has 0 aliphatic rings. The van der Waals surface area contributed by atoms with Gasteiger partial charge in [-0.2, -0.15) is 5.26 Å². The maximum Gasteiger partial charge on any atom is 0.269 e. The van der Waals surface area contributed by atoms with Crippen LogP contribution in [0, 0.1) is 21.4 Å². The molecule has 2 aromatic heterocycles. The molecule has 0 saturated heterocycles. The topological polar surface area (TPSA) is 136 Å². The second kappa shape index (κ2) is 8.58. The molecule has 0 spiro atoms. The lowest BCUT2D eigenvalue weighted by Gasteiger charge is -2.18. The Bertz CT molecular complexity index is 1100. The first-order chi connectivity index (χ1) is 14.2. The number of aromatic nitrogens is 3. The standard InChI is InChI=1S/C19H23N7O3Si/c1-30(2,3)9-8-29-13-24-11-14(10-20)17-18(24)22-12-23-19(17)25(21)15-4-6-16(7-5-15)26(27)28/h4-7,11-12H,8-9,13,21H2,1-3H3. The molecule has 0 fully saturated rings. The third kappa shape index (κ3) is 4.62. The van der Waals surface area contributed by atoms with E-state index < -0.39 is 13.0 Å². The van der Waals surface area contributed by atoms with Gasteiger partial charge in [-0.25, -0.2) is 15.8 Å². The van der Waals surface area contributed by atoms with Gasteiger partial charge < -0.3 is 9.30 Å². The third-order valence-corrected chi connectivity index (χ3v) is 6.25. The van der Waals surface area contributed by atoms with Crippen LogP contribution in [0.4, 0.5) is 17.2 Å². The van der Waals surface area contributed by atoms with Gasteiger partial charge >= 0.3 is 0 Å². The number of nitro benzene ring substituents is 1. The molecule has 0 atom stereocenters. The number of nitrogens with two attached hydrogens (primary N) is 1. The number of fused-ring (bicyclic) bond motifs is 1. The maximum absolute atomic E-state index is 10.9. The van der Waals surface area contributed by atoms with E-state index in [4.69, 9.17) is 10.6 Å². The van der Waals surface area contributed by atoms with Crippen LogP contribution in [0.2, 0.25) is 25.7 Å². The normalized spacial score (nSPS) is 11.4. The molecule has 2 heterocycles. The molecule has 3 rings (SSSR count). The van der Waals surface area contributed by atoms with Crippen molar-refractivity contribution in [2.24, 2.45) is 5.84 Å². The molecule has 10 nitrogen and oxygen atoms in total. The molecule has 0 aliphatic heterocycles. The van der Waals surface area contributed by atoms with E-state index in [0.717, 1.165) is 6.04 Å². The van der Waals surface area contributed by atoms with Crippen LogP contribution in [0.5, 0.6) is 0 Å². The van der Waals surface area contributed by atoms with Crippen molar-refractivity contribution in [3.8, 4) is 6.07 Å². The molecule has 0 saturated carbocycles. The van der Waals surface area contributed by atoms with E-state index in [9.17, 15) is 15.4 Å². The monoisotopic (exact) mass is 425 g/mol. The Labute approximate surface area is 174 Å². The summed E-state index contributed by atoms with van der Waals surface area (Å²) in [5.41, 5.74) is 1.34. The van der Waals surface area contributed by atoms with Crippen molar-refractivity contribution >= 4 is 36.3 Å². The molecule has 156 valence electrons. The maximum atomic E-state index is 10.9. The molecule has 0 bridgehead atoms.